The molecule has 4 heteroatoms. The van der Waals surface area contributed by atoms with Crippen LogP contribution in [-0.2, 0) is 0 Å². The average molecular weight is 1410 g/mol. The van der Waals surface area contributed by atoms with E-state index >= 15 is 0 Å². The van der Waals surface area contributed by atoms with Gasteiger partial charge >= 0.3 is 0 Å². The lowest BCUT2D eigenvalue weighted by Crippen LogP contribution is -1.93. The van der Waals surface area contributed by atoms with Crippen LogP contribution in [0.25, 0.3) is 166 Å². The average Bonchev–Trinajstić information content (AvgIpc) is 1.61. The monoisotopic (exact) mass is 1410 g/mol. The third-order valence-corrected chi connectivity index (χ3v) is 21.4. The van der Waals surface area contributed by atoms with Gasteiger partial charge in [0.1, 0.15) is 0 Å². The largest absolute Gasteiger partial charge is 0.309 e. The number of aryl methyl sites for hydroxylation is 4. The van der Waals surface area contributed by atoms with Crippen LogP contribution < -0.4 is 0 Å². The van der Waals surface area contributed by atoms with Crippen molar-refractivity contribution >= 4 is 87.2 Å². The minimum absolute atomic E-state index is 1.19. The van der Waals surface area contributed by atoms with Gasteiger partial charge in [-0.1, -0.05) is 296 Å². The van der Waals surface area contributed by atoms with Gasteiger partial charge in [-0.3, -0.25) is 0 Å². The van der Waals surface area contributed by atoms with E-state index in [-0.39, 0.29) is 0 Å². The summed E-state index contributed by atoms with van der Waals surface area (Å²) in [6.45, 7) is 8.56. The Bertz CT molecular complexity index is 6770. The minimum Gasteiger partial charge on any atom is -0.309 e. The molecule has 0 fully saturated rings. The first-order valence-electron chi connectivity index (χ1n) is 37.9. The third kappa shape index (κ3) is 13.2. The Kier molecular flexibility index (Phi) is 18.3. The first-order chi connectivity index (χ1) is 54.2. The summed E-state index contributed by atoms with van der Waals surface area (Å²) in [6.07, 6.45) is 0. The molecule has 110 heavy (non-hydrogen) atoms. The number of hydrogen-bond acceptors (Lipinski definition) is 0. The maximum atomic E-state index is 2.38. The lowest BCUT2D eigenvalue weighted by molar-refractivity contribution is 1.17. The van der Waals surface area contributed by atoms with E-state index in [1.165, 1.54) is 188 Å². The quantitative estimate of drug-likeness (QED) is 0.137. The van der Waals surface area contributed by atoms with Gasteiger partial charge in [-0.05, 0) is 222 Å². The highest BCUT2D eigenvalue weighted by molar-refractivity contribution is 6.14. The highest BCUT2D eigenvalue weighted by Gasteiger charge is 2.19. The van der Waals surface area contributed by atoms with Crippen LogP contribution in [0.15, 0.2) is 413 Å². The lowest BCUT2D eigenvalue weighted by Gasteiger charge is -2.09. The van der Waals surface area contributed by atoms with Crippen molar-refractivity contribution in [1.29, 1.82) is 0 Å². The van der Waals surface area contributed by atoms with Gasteiger partial charge in [0.15, 0.2) is 0 Å². The molecule has 0 atom stereocenters. The molecule has 0 N–H and O–H groups in total. The Morgan fingerprint density at radius 1 is 0.127 bits per heavy atom. The normalized spacial score (nSPS) is 11.3. The van der Waals surface area contributed by atoms with Crippen LogP contribution >= 0.6 is 0 Å². The summed E-state index contributed by atoms with van der Waals surface area (Å²) in [4.78, 5) is 0. The van der Waals surface area contributed by atoms with Crippen LogP contribution in [0.5, 0.6) is 0 Å². The van der Waals surface area contributed by atoms with Gasteiger partial charge in [0.2, 0.25) is 0 Å². The summed E-state index contributed by atoms with van der Waals surface area (Å²) in [5.41, 5.74) is 32.3. The fraction of sp³-hybridized carbons (Fsp3) is 0.0377. The predicted molar refractivity (Wildman–Crippen MR) is 469 cm³/mol. The molecule has 0 aliphatic heterocycles. The Labute approximate surface area is 642 Å². The summed E-state index contributed by atoms with van der Waals surface area (Å²) < 4.78 is 9.47. The van der Waals surface area contributed by atoms with Crippen molar-refractivity contribution in [2.24, 2.45) is 0 Å². The number of para-hydroxylation sites is 3. The van der Waals surface area contributed by atoms with Gasteiger partial charge in [0.05, 0.1) is 44.1 Å². The number of rotatable bonds is 9. The van der Waals surface area contributed by atoms with E-state index in [9.17, 15) is 0 Å². The van der Waals surface area contributed by atoms with Gasteiger partial charge in [0.25, 0.3) is 0 Å². The standard InChI is InChI=1S/C31H23N.3C25H19N/c1-22-12-16-27(17-13-22)32-30-18-14-25(23-8-4-2-5-9-23)20-28(30)29-21-26(15-19-31(29)32)24-10-6-3-7-11-24;1-18-12-14-24-22(16-18)23-17-20(19-8-4-2-5-9-19)13-15-25(23)26(24)21-10-6-3-7-11-21;1-18-8-7-11-21(16-18)26-24-13-6-5-12-22(24)23-17-20(14-15-25(23)26)19-9-3-2-4-10-19;1-18-11-14-21(15-12-18)26-24-10-6-5-9-22(24)23-17-20(13-16-25(23)26)19-7-3-2-4-8-19/h2-21H,1H3;3*2-17H,1H3. The zero-order valence-electron chi connectivity index (χ0n) is 62.0. The molecule has 0 radical (unpaired) electrons. The minimum atomic E-state index is 1.19. The van der Waals surface area contributed by atoms with E-state index in [1.54, 1.807) is 0 Å². The van der Waals surface area contributed by atoms with Crippen molar-refractivity contribution in [3.8, 4) is 78.4 Å². The van der Waals surface area contributed by atoms with E-state index < -0.39 is 0 Å². The molecular weight excluding hydrogens is 1330 g/mol. The third-order valence-electron chi connectivity index (χ3n) is 21.4. The molecule has 4 heterocycles. The number of hydrogen-bond donors (Lipinski definition) is 0. The maximum absolute atomic E-state index is 2.38. The highest BCUT2D eigenvalue weighted by Crippen LogP contribution is 2.41. The van der Waals surface area contributed by atoms with Crippen molar-refractivity contribution in [2.45, 2.75) is 27.7 Å². The highest BCUT2D eigenvalue weighted by atomic mass is 15.0. The summed E-state index contributed by atoms with van der Waals surface area (Å²) in [5.74, 6) is 0. The molecular formula is C106H80N4. The SMILES string of the molecule is Cc1ccc(-n2c3ccc(-c4ccccc4)cc3c3cc(-c4ccccc4)ccc32)cc1.Cc1ccc(-n2c3ccccc3c3cc(-c4ccccc4)ccc32)cc1.Cc1ccc2c(c1)c1cc(-c3ccccc3)ccc1n2-c1ccccc1.Cc1cccc(-n2c3ccccc3c3cc(-c4ccccc4)ccc32)c1. The van der Waals surface area contributed by atoms with Crippen LogP contribution in [0.3, 0.4) is 0 Å². The van der Waals surface area contributed by atoms with E-state index in [2.05, 4.69) is 458 Å². The summed E-state index contributed by atoms with van der Waals surface area (Å²) in [5, 5.41) is 10.3. The van der Waals surface area contributed by atoms with E-state index in [4.69, 9.17) is 0 Å². The Hall–Kier alpha value is -14.1. The van der Waals surface area contributed by atoms with Crippen LogP contribution in [0.4, 0.5) is 0 Å². The lowest BCUT2D eigenvalue weighted by atomic mass is 10.0. The molecule has 21 rings (SSSR count). The molecule has 4 nitrogen and oxygen atoms in total. The maximum Gasteiger partial charge on any atom is 0.0541 e. The molecule has 0 spiro atoms. The zero-order valence-corrected chi connectivity index (χ0v) is 62.0. The predicted octanol–water partition coefficient (Wildman–Crippen LogP) is 28.7. The van der Waals surface area contributed by atoms with Crippen molar-refractivity contribution in [3.63, 3.8) is 0 Å². The number of aromatic nitrogens is 4. The van der Waals surface area contributed by atoms with Gasteiger partial charge in [-0.25, -0.2) is 0 Å². The van der Waals surface area contributed by atoms with Crippen LogP contribution in [0.2, 0.25) is 0 Å². The molecule has 0 unspecified atom stereocenters. The summed E-state index contributed by atoms with van der Waals surface area (Å²) in [6, 6.07) is 148. The van der Waals surface area contributed by atoms with Crippen molar-refractivity contribution < 1.29 is 0 Å². The van der Waals surface area contributed by atoms with Gasteiger partial charge in [0, 0.05) is 65.8 Å². The Morgan fingerprint density at radius 3 is 0.682 bits per heavy atom. The van der Waals surface area contributed by atoms with Crippen LogP contribution in [0.1, 0.15) is 22.3 Å². The first kappa shape index (κ1) is 67.8. The smallest absolute Gasteiger partial charge is 0.0541 e. The molecule has 17 aromatic carbocycles. The number of nitrogens with zero attached hydrogens (tertiary/aromatic N) is 4. The fourth-order valence-corrected chi connectivity index (χ4v) is 16.0. The topological polar surface area (TPSA) is 19.7 Å². The number of benzene rings is 17. The Morgan fingerprint density at radius 2 is 0.355 bits per heavy atom. The van der Waals surface area contributed by atoms with Gasteiger partial charge in [-0.2, -0.15) is 0 Å². The molecule has 4 aromatic heterocycles. The van der Waals surface area contributed by atoms with Crippen molar-refractivity contribution in [1.82, 2.24) is 18.3 Å². The summed E-state index contributed by atoms with van der Waals surface area (Å²) in [7, 11) is 0. The molecule has 524 valence electrons. The first-order valence-corrected chi connectivity index (χ1v) is 37.9. The Balaban J connectivity index is 0.000000103. The van der Waals surface area contributed by atoms with E-state index in [0.29, 0.717) is 0 Å². The molecule has 0 saturated heterocycles. The van der Waals surface area contributed by atoms with E-state index in [1.807, 2.05) is 0 Å². The van der Waals surface area contributed by atoms with Gasteiger partial charge < -0.3 is 18.3 Å². The van der Waals surface area contributed by atoms with Crippen LogP contribution in [-0.4, -0.2) is 18.3 Å². The van der Waals surface area contributed by atoms with E-state index in [0.717, 1.165) is 0 Å². The zero-order chi connectivity index (χ0) is 74.0. The second-order valence-electron chi connectivity index (χ2n) is 28.7. The molecule has 0 bridgehead atoms. The number of fused-ring (bicyclic) bond motifs is 12. The van der Waals surface area contributed by atoms with Gasteiger partial charge in [-0.15, -0.1) is 0 Å². The second kappa shape index (κ2) is 29.7. The second-order valence-corrected chi connectivity index (χ2v) is 28.7. The summed E-state index contributed by atoms with van der Waals surface area (Å²) >= 11 is 0. The fourth-order valence-electron chi connectivity index (χ4n) is 16.0. The molecule has 0 aliphatic carbocycles. The van der Waals surface area contributed by atoms with Crippen molar-refractivity contribution in [2.75, 3.05) is 0 Å². The molecule has 0 aliphatic rings. The van der Waals surface area contributed by atoms with Crippen LogP contribution in [0, 0.1) is 27.7 Å². The molecule has 0 saturated carbocycles. The molecule has 21 aromatic rings. The van der Waals surface area contributed by atoms with Crippen molar-refractivity contribution in [3.05, 3.63) is 435 Å². The molecule has 0 amide bonds.